The van der Waals surface area contributed by atoms with Crippen LogP contribution in [0.15, 0.2) is 35.5 Å². The van der Waals surface area contributed by atoms with E-state index in [1.165, 1.54) is 0 Å². The zero-order valence-corrected chi connectivity index (χ0v) is 8.35. The maximum atomic E-state index is 4.36. The van der Waals surface area contributed by atoms with E-state index in [2.05, 4.69) is 21.6 Å². The summed E-state index contributed by atoms with van der Waals surface area (Å²) >= 11 is 0. The molecule has 1 aromatic heterocycles. The molecule has 0 saturated carbocycles. The van der Waals surface area contributed by atoms with E-state index in [0.717, 1.165) is 36.1 Å². The second kappa shape index (κ2) is 3.38. The van der Waals surface area contributed by atoms with E-state index in [1.807, 2.05) is 24.4 Å². The SMILES string of the molecule is c1ccc2c(c1)cnn2NC1=NCCC1. The lowest BCUT2D eigenvalue weighted by Crippen LogP contribution is -2.21. The van der Waals surface area contributed by atoms with Gasteiger partial charge in [-0.1, -0.05) is 18.2 Å². The van der Waals surface area contributed by atoms with Gasteiger partial charge in [-0.25, -0.2) is 0 Å². The van der Waals surface area contributed by atoms with Crippen LogP contribution in [0, 0.1) is 0 Å². The molecule has 3 rings (SSSR count). The van der Waals surface area contributed by atoms with Crippen LogP contribution in [0.4, 0.5) is 0 Å². The smallest absolute Gasteiger partial charge is 0.117 e. The van der Waals surface area contributed by atoms with Crippen molar-refractivity contribution in [1.29, 1.82) is 0 Å². The molecule has 1 N–H and O–H groups in total. The molecule has 0 atom stereocenters. The molecule has 4 heteroatoms. The van der Waals surface area contributed by atoms with E-state index in [4.69, 9.17) is 0 Å². The summed E-state index contributed by atoms with van der Waals surface area (Å²) in [6, 6.07) is 8.13. The molecular weight excluding hydrogens is 188 g/mol. The highest BCUT2D eigenvalue weighted by Gasteiger charge is 2.07. The van der Waals surface area contributed by atoms with Crippen LogP contribution in [-0.4, -0.2) is 22.3 Å². The Morgan fingerprint density at radius 1 is 1.27 bits per heavy atom. The van der Waals surface area contributed by atoms with Crippen molar-refractivity contribution in [2.45, 2.75) is 12.8 Å². The number of rotatable bonds is 1. The normalized spacial score (nSPS) is 15.6. The average Bonchev–Trinajstić information content (AvgIpc) is 2.89. The van der Waals surface area contributed by atoms with Crippen LogP contribution in [0.25, 0.3) is 10.9 Å². The molecule has 0 unspecified atom stereocenters. The first kappa shape index (κ1) is 8.47. The predicted molar refractivity (Wildman–Crippen MR) is 60.6 cm³/mol. The topological polar surface area (TPSA) is 42.2 Å². The third-order valence-corrected chi connectivity index (χ3v) is 2.59. The third-order valence-electron chi connectivity index (χ3n) is 2.59. The van der Waals surface area contributed by atoms with Gasteiger partial charge in [-0.05, 0) is 12.5 Å². The Morgan fingerprint density at radius 2 is 2.20 bits per heavy atom. The maximum absolute atomic E-state index is 4.36. The second-order valence-corrected chi connectivity index (χ2v) is 3.66. The summed E-state index contributed by atoms with van der Waals surface area (Å²) in [6.45, 7) is 0.932. The minimum Gasteiger partial charge on any atom is -0.271 e. The largest absolute Gasteiger partial charge is 0.271 e. The number of aromatic nitrogens is 2. The fourth-order valence-electron chi connectivity index (χ4n) is 1.81. The van der Waals surface area contributed by atoms with E-state index in [9.17, 15) is 0 Å². The van der Waals surface area contributed by atoms with Crippen molar-refractivity contribution in [2.75, 3.05) is 12.0 Å². The van der Waals surface area contributed by atoms with Gasteiger partial charge < -0.3 is 0 Å². The van der Waals surface area contributed by atoms with Gasteiger partial charge in [-0.3, -0.25) is 10.4 Å². The number of benzene rings is 1. The monoisotopic (exact) mass is 200 g/mol. The highest BCUT2D eigenvalue weighted by atomic mass is 15.6. The van der Waals surface area contributed by atoms with Gasteiger partial charge in [-0.2, -0.15) is 9.89 Å². The van der Waals surface area contributed by atoms with Crippen LogP contribution in [0.3, 0.4) is 0 Å². The first-order chi connectivity index (χ1) is 7.43. The molecule has 15 heavy (non-hydrogen) atoms. The Balaban J connectivity index is 1.97. The molecule has 0 fully saturated rings. The number of fused-ring (bicyclic) bond motifs is 1. The van der Waals surface area contributed by atoms with Gasteiger partial charge in [0.2, 0.25) is 0 Å². The number of hydrogen-bond donors (Lipinski definition) is 1. The Labute approximate surface area is 87.6 Å². The van der Waals surface area contributed by atoms with Gasteiger partial charge in [0.1, 0.15) is 5.84 Å². The number of aliphatic imine (C=N–C) groups is 1. The van der Waals surface area contributed by atoms with Gasteiger partial charge in [0.05, 0.1) is 11.7 Å². The molecule has 76 valence electrons. The molecule has 2 aromatic rings. The lowest BCUT2D eigenvalue weighted by molar-refractivity contribution is 0.838. The molecule has 0 radical (unpaired) electrons. The second-order valence-electron chi connectivity index (χ2n) is 3.66. The lowest BCUT2D eigenvalue weighted by atomic mass is 10.3. The van der Waals surface area contributed by atoms with Crippen molar-refractivity contribution in [3.05, 3.63) is 30.5 Å². The summed E-state index contributed by atoms with van der Waals surface area (Å²) in [5.41, 5.74) is 4.31. The van der Waals surface area contributed by atoms with Crippen LogP contribution < -0.4 is 5.43 Å². The van der Waals surface area contributed by atoms with Crippen LogP contribution in [0.5, 0.6) is 0 Å². The first-order valence-electron chi connectivity index (χ1n) is 5.16. The first-order valence-corrected chi connectivity index (χ1v) is 5.16. The van der Waals surface area contributed by atoms with Crippen molar-refractivity contribution >= 4 is 16.7 Å². The van der Waals surface area contributed by atoms with Crippen LogP contribution in [0.2, 0.25) is 0 Å². The average molecular weight is 200 g/mol. The van der Waals surface area contributed by atoms with Gasteiger partial charge in [0.15, 0.2) is 0 Å². The highest BCUT2D eigenvalue weighted by Crippen LogP contribution is 2.12. The van der Waals surface area contributed by atoms with Crippen molar-refractivity contribution in [3.63, 3.8) is 0 Å². The van der Waals surface area contributed by atoms with E-state index in [0.29, 0.717) is 0 Å². The minimum absolute atomic E-state index is 0.932. The number of hydrogen-bond acceptors (Lipinski definition) is 3. The van der Waals surface area contributed by atoms with E-state index in [-0.39, 0.29) is 0 Å². The lowest BCUT2D eigenvalue weighted by Gasteiger charge is -2.06. The molecule has 0 amide bonds. The van der Waals surface area contributed by atoms with E-state index < -0.39 is 0 Å². The Kier molecular flexibility index (Phi) is 1.91. The number of nitrogens with zero attached hydrogens (tertiary/aromatic N) is 3. The maximum Gasteiger partial charge on any atom is 0.117 e. The van der Waals surface area contributed by atoms with E-state index in [1.54, 1.807) is 4.79 Å². The number of para-hydroxylation sites is 1. The quantitative estimate of drug-likeness (QED) is 0.762. The van der Waals surface area contributed by atoms with Gasteiger partial charge in [0.25, 0.3) is 0 Å². The summed E-state index contributed by atoms with van der Waals surface area (Å²) < 4.78 is 0. The third kappa shape index (κ3) is 1.48. The molecule has 0 spiro atoms. The zero-order valence-electron chi connectivity index (χ0n) is 8.35. The molecule has 1 aromatic carbocycles. The van der Waals surface area contributed by atoms with Crippen molar-refractivity contribution in [2.24, 2.45) is 4.99 Å². The van der Waals surface area contributed by atoms with E-state index >= 15 is 0 Å². The Morgan fingerprint density at radius 3 is 3.07 bits per heavy atom. The molecule has 0 bridgehead atoms. The van der Waals surface area contributed by atoms with Crippen LogP contribution in [-0.2, 0) is 0 Å². The molecular formula is C11H12N4. The van der Waals surface area contributed by atoms with Crippen molar-refractivity contribution in [3.8, 4) is 0 Å². The molecule has 1 aliphatic heterocycles. The summed E-state index contributed by atoms with van der Waals surface area (Å²) in [6.07, 6.45) is 4.02. The Bertz CT molecular complexity index is 512. The van der Waals surface area contributed by atoms with Gasteiger partial charge >= 0.3 is 0 Å². The summed E-state index contributed by atoms with van der Waals surface area (Å²) in [5.74, 6) is 1.03. The molecule has 2 heterocycles. The van der Waals surface area contributed by atoms with Crippen LogP contribution in [0.1, 0.15) is 12.8 Å². The van der Waals surface area contributed by atoms with Gasteiger partial charge in [-0.15, -0.1) is 0 Å². The fourth-order valence-corrected chi connectivity index (χ4v) is 1.81. The number of nitrogens with one attached hydrogen (secondary N) is 1. The predicted octanol–water partition coefficient (Wildman–Crippen LogP) is 1.77. The Hall–Kier alpha value is -1.84. The van der Waals surface area contributed by atoms with Gasteiger partial charge in [0, 0.05) is 18.4 Å². The number of amidine groups is 1. The molecule has 1 aliphatic rings. The summed E-state index contributed by atoms with van der Waals surface area (Å²) in [7, 11) is 0. The standard InChI is InChI=1S/C11H12N4/c1-2-5-10-9(4-1)8-13-15(10)14-11-6-3-7-12-11/h1-2,4-5,8H,3,6-7H2,(H,12,14). The summed E-state index contributed by atoms with van der Waals surface area (Å²) in [5, 5.41) is 5.43. The molecule has 4 nitrogen and oxygen atoms in total. The van der Waals surface area contributed by atoms with Crippen LogP contribution >= 0.6 is 0 Å². The summed E-state index contributed by atoms with van der Waals surface area (Å²) in [4.78, 5) is 6.15. The van der Waals surface area contributed by atoms with Crippen molar-refractivity contribution in [1.82, 2.24) is 9.89 Å². The zero-order chi connectivity index (χ0) is 10.1. The molecule has 0 saturated heterocycles. The van der Waals surface area contributed by atoms with Crippen molar-refractivity contribution < 1.29 is 0 Å². The molecule has 0 aliphatic carbocycles. The highest BCUT2D eigenvalue weighted by molar-refractivity contribution is 5.92. The fraction of sp³-hybridized carbons (Fsp3) is 0.273. The minimum atomic E-state index is 0.932.